The second kappa shape index (κ2) is 8.67. The highest BCUT2D eigenvalue weighted by molar-refractivity contribution is 7.89. The Morgan fingerprint density at radius 3 is 2.53 bits per heavy atom. The number of carbonyl (C=O) groups is 2. The Labute approximate surface area is 178 Å². The minimum absolute atomic E-state index is 0.0440. The van der Waals surface area contributed by atoms with Crippen molar-refractivity contribution in [3.63, 3.8) is 0 Å². The molecule has 2 saturated carbocycles. The topological polar surface area (TPSA) is 95.6 Å². The van der Waals surface area contributed by atoms with Gasteiger partial charge < -0.3 is 10.2 Å². The lowest BCUT2D eigenvalue weighted by Crippen LogP contribution is -2.38. The molecule has 0 bridgehead atoms. The number of amides is 2. The van der Waals surface area contributed by atoms with E-state index in [2.05, 4.69) is 10.0 Å². The normalized spacial score (nSPS) is 22.0. The van der Waals surface area contributed by atoms with Gasteiger partial charge in [-0.1, -0.05) is 19.3 Å². The molecule has 2 aliphatic carbocycles. The summed E-state index contributed by atoms with van der Waals surface area (Å²) in [7, 11) is -3.70. The molecule has 2 amide bonds. The Bertz CT molecular complexity index is 920. The van der Waals surface area contributed by atoms with Crippen molar-refractivity contribution < 1.29 is 18.0 Å². The van der Waals surface area contributed by atoms with Crippen LogP contribution in [0, 0.1) is 5.92 Å². The van der Waals surface area contributed by atoms with Gasteiger partial charge in [0.05, 0.1) is 4.90 Å². The lowest BCUT2D eigenvalue weighted by Gasteiger charge is -2.23. The summed E-state index contributed by atoms with van der Waals surface area (Å²) in [5, 5.41) is 3.00. The summed E-state index contributed by atoms with van der Waals surface area (Å²) in [5.41, 5.74) is 1.71. The molecule has 0 aromatic heterocycles. The van der Waals surface area contributed by atoms with E-state index in [9.17, 15) is 18.0 Å². The van der Waals surface area contributed by atoms with Crippen LogP contribution in [0.4, 0.5) is 5.69 Å². The number of fused-ring (bicyclic) bond motifs is 1. The van der Waals surface area contributed by atoms with Crippen molar-refractivity contribution >= 4 is 27.5 Å². The first-order chi connectivity index (χ1) is 14.3. The lowest BCUT2D eigenvalue weighted by atomic mass is 9.95. The molecular weight excluding hydrogens is 402 g/mol. The lowest BCUT2D eigenvalue weighted by molar-refractivity contribution is -0.122. The van der Waals surface area contributed by atoms with Crippen molar-refractivity contribution in [2.24, 2.45) is 5.92 Å². The van der Waals surface area contributed by atoms with Gasteiger partial charge in [-0.15, -0.1) is 0 Å². The van der Waals surface area contributed by atoms with Crippen LogP contribution in [0.2, 0.25) is 0 Å². The summed E-state index contributed by atoms with van der Waals surface area (Å²) in [6.07, 6.45) is 8.18. The zero-order valence-corrected chi connectivity index (χ0v) is 18.3. The summed E-state index contributed by atoms with van der Waals surface area (Å²) < 4.78 is 27.9. The fourth-order valence-corrected chi connectivity index (χ4v) is 5.65. The SMILES string of the molecule is C[C@H]1Cc2cc(S(=O)(=O)NCCC(=O)NC3CCCCC3)ccc2N1C(=O)C1CC1. The molecule has 1 atom stereocenters. The Morgan fingerprint density at radius 1 is 1.10 bits per heavy atom. The number of sulfonamides is 1. The maximum atomic E-state index is 12.7. The summed E-state index contributed by atoms with van der Waals surface area (Å²) in [4.78, 5) is 26.7. The van der Waals surface area contributed by atoms with Crippen molar-refractivity contribution in [3.05, 3.63) is 23.8 Å². The van der Waals surface area contributed by atoms with E-state index >= 15 is 0 Å². The highest BCUT2D eigenvalue weighted by atomic mass is 32.2. The molecule has 7 nitrogen and oxygen atoms in total. The third-order valence-corrected chi connectivity index (χ3v) is 7.81. The third kappa shape index (κ3) is 4.70. The molecule has 1 heterocycles. The zero-order chi connectivity index (χ0) is 21.3. The van der Waals surface area contributed by atoms with E-state index in [-0.39, 0.29) is 47.7 Å². The Balaban J connectivity index is 1.35. The third-order valence-electron chi connectivity index (χ3n) is 6.36. The predicted molar refractivity (Wildman–Crippen MR) is 115 cm³/mol. The second-order valence-corrected chi connectivity index (χ2v) is 10.6. The largest absolute Gasteiger partial charge is 0.353 e. The van der Waals surface area contributed by atoms with Crippen LogP contribution in [0.25, 0.3) is 0 Å². The first kappa shape index (κ1) is 21.3. The van der Waals surface area contributed by atoms with Gasteiger partial charge in [-0.05, 0) is 62.8 Å². The van der Waals surface area contributed by atoms with Gasteiger partial charge in [-0.2, -0.15) is 0 Å². The Kier molecular flexibility index (Phi) is 6.16. The van der Waals surface area contributed by atoms with Crippen molar-refractivity contribution in [1.82, 2.24) is 10.0 Å². The summed E-state index contributed by atoms with van der Waals surface area (Å²) in [6.45, 7) is 2.07. The van der Waals surface area contributed by atoms with Crippen LogP contribution in [0.3, 0.4) is 0 Å². The molecule has 4 rings (SSSR count). The summed E-state index contributed by atoms with van der Waals surface area (Å²) >= 11 is 0. The van der Waals surface area contributed by atoms with Crippen molar-refractivity contribution in [2.75, 3.05) is 11.4 Å². The predicted octanol–water partition coefficient (Wildman–Crippen LogP) is 2.49. The van der Waals surface area contributed by atoms with E-state index in [1.807, 2.05) is 11.8 Å². The number of hydrogen-bond acceptors (Lipinski definition) is 4. The minimum Gasteiger partial charge on any atom is -0.353 e. The standard InChI is InChI=1S/C22H31N3O4S/c1-15-13-17-14-19(9-10-20(17)25(15)22(27)16-7-8-16)30(28,29)23-12-11-21(26)24-18-5-3-2-4-6-18/h9-10,14-16,18,23H,2-8,11-13H2,1H3,(H,24,26)/t15-/m0/s1. The molecule has 0 radical (unpaired) electrons. The quantitative estimate of drug-likeness (QED) is 0.691. The number of rotatable bonds is 7. The molecule has 2 fully saturated rings. The number of hydrogen-bond donors (Lipinski definition) is 2. The van der Waals surface area contributed by atoms with Crippen LogP contribution < -0.4 is 14.9 Å². The number of nitrogens with one attached hydrogen (secondary N) is 2. The van der Waals surface area contributed by atoms with Gasteiger partial charge in [0.15, 0.2) is 0 Å². The van der Waals surface area contributed by atoms with E-state index in [4.69, 9.17) is 0 Å². The summed E-state index contributed by atoms with van der Waals surface area (Å²) in [6, 6.07) is 5.22. The molecule has 1 aromatic carbocycles. The van der Waals surface area contributed by atoms with Gasteiger partial charge in [-0.25, -0.2) is 13.1 Å². The molecule has 3 aliphatic rings. The Hall–Kier alpha value is -1.93. The molecule has 0 spiro atoms. The van der Waals surface area contributed by atoms with Gasteiger partial charge >= 0.3 is 0 Å². The number of benzene rings is 1. The zero-order valence-electron chi connectivity index (χ0n) is 17.5. The molecule has 164 valence electrons. The average Bonchev–Trinajstić information content (AvgIpc) is 3.50. The Morgan fingerprint density at radius 2 is 1.83 bits per heavy atom. The van der Waals surface area contributed by atoms with Crippen LogP contribution in [0.5, 0.6) is 0 Å². The van der Waals surface area contributed by atoms with Crippen LogP contribution in [0.15, 0.2) is 23.1 Å². The molecule has 0 saturated heterocycles. The van der Waals surface area contributed by atoms with Gasteiger partial charge in [-0.3, -0.25) is 9.59 Å². The molecule has 8 heteroatoms. The molecule has 30 heavy (non-hydrogen) atoms. The van der Waals surface area contributed by atoms with Gasteiger partial charge in [0.1, 0.15) is 0 Å². The van der Waals surface area contributed by atoms with Crippen molar-refractivity contribution in [3.8, 4) is 0 Å². The fourth-order valence-electron chi connectivity index (χ4n) is 4.57. The smallest absolute Gasteiger partial charge is 0.240 e. The van der Waals surface area contributed by atoms with E-state index in [0.29, 0.717) is 6.42 Å². The van der Waals surface area contributed by atoms with Crippen LogP contribution in [-0.2, 0) is 26.0 Å². The van der Waals surface area contributed by atoms with Gasteiger partial charge in [0.2, 0.25) is 21.8 Å². The molecule has 0 unspecified atom stereocenters. The maximum Gasteiger partial charge on any atom is 0.240 e. The molecule has 2 N–H and O–H groups in total. The van der Waals surface area contributed by atoms with Gasteiger partial charge in [0, 0.05) is 36.7 Å². The molecule has 1 aliphatic heterocycles. The minimum atomic E-state index is -3.70. The van der Waals surface area contributed by atoms with Gasteiger partial charge in [0.25, 0.3) is 0 Å². The highest BCUT2D eigenvalue weighted by Crippen LogP contribution is 2.39. The van der Waals surface area contributed by atoms with Crippen molar-refractivity contribution in [2.45, 2.75) is 81.7 Å². The molecule has 1 aromatic rings. The number of nitrogens with zero attached hydrogens (tertiary/aromatic N) is 1. The molecular formula is C22H31N3O4S. The van der Waals surface area contributed by atoms with Crippen LogP contribution >= 0.6 is 0 Å². The van der Waals surface area contributed by atoms with Crippen molar-refractivity contribution in [1.29, 1.82) is 0 Å². The van der Waals surface area contributed by atoms with E-state index in [1.165, 1.54) is 6.42 Å². The number of anilines is 1. The van der Waals surface area contributed by atoms with Crippen LogP contribution in [-0.4, -0.2) is 38.9 Å². The highest BCUT2D eigenvalue weighted by Gasteiger charge is 2.39. The van der Waals surface area contributed by atoms with Crippen LogP contribution in [0.1, 0.15) is 63.9 Å². The second-order valence-electron chi connectivity index (χ2n) is 8.88. The maximum absolute atomic E-state index is 12.7. The monoisotopic (exact) mass is 433 g/mol. The van der Waals surface area contributed by atoms with E-state index in [0.717, 1.165) is 49.8 Å². The first-order valence-electron chi connectivity index (χ1n) is 11.1. The fraction of sp³-hybridized carbons (Fsp3) is 0.636. The van der Waals surface area contributed by atoms with E-state index in [1.54, 1.807) is 18.2 Å². The average molecular weight is 434 g/mol. The summed E-state index contributed by atoms with van der Waals surface area (Å²) in [5.74, 6) is 0.170. The van der Waals surface area contributed by atoms with E-state index < -0.39 is 10.0 Å². The number of carbonyl (C=O) groups excluding carboxylic acids is 2. The first-order valence-corrected chi connectivity index (χ1v) is 12.6.